The summed E-state index contributed by atoms with van der Waals surface area (Å²) in [5.74, 6) is 0.983. The minimum absolute atomic E-state index is 0.133. The second-order valence-electron chi connectivity index (χ2n) is 3.58. The molecule has 78 valence electrons. The summed E-state index contributed by atoms with van der Waals surface area (Å²) in [7, 11) is 1.69. The van der Waals surface area contributed by atoms with Gasteiger partial charge in [-0.05, 0) is 31.9 Å². The summed E-state index contributed by atoms with van der Waals surface area (Å²) < 4.78 is 10.8. The minimum atomic E-state index is 0.133. The van der Waals surface area contributed by atoms with Gasteiger partial charge in [-0.25, -0.2) is 0 Å². The van der Waals surface area contributed by atoms with Gasteiger partial charge >= 0.3 is 0 Å². The van der Waals surface area contributed by atoms with E-state index < -0.39 is 0 Å². The molecule has 0 aliphatic carbocycles. The van der Waals surface area contributed by atoms with Gasteiger partial charge in [-0.1, -0.05) is 18.2 Å². The molecule has 0 amide bonds. The summed E-state index contributed by atoms with van der Waals surface area (Å²) in [6.07, 6.45) is 0.133. The lowest BCUT2D eigenvalue weighted by Gasteiger charge is -2.14. The third kappa shape index (κ3) is 2.74. The van der Waals surface area contributed by atoms with Crippen molar-refractivity contribution in [2.75, 3.05) is 13.7 Å². The van der Waals surface area contributed by atoms with Gasteiger partial charge in [0.1, 0.15) is 12.4 Å². The summed E-state index contributed by atoms with van der Waals surface area (Å²) in [5.41, 5.74) is 2.35. The molecule has 2 nitrogen and oxygen atoms in total. The lowest BCUT2D eigenvalue weighted by molar-refractivity contribution is 0.0712. The molecule has 0 aliphatic heterocycles. The molecule has 1 rings (SSSR count). The van der Waals surface area contributed by atoms with Crippen LogP contribution in [0.25, 0.3) is 0 Å². The Balaban J connectivity index is 2.66. The van der Waals surface area contributed by atoms with Gasteiger partial charge in [0.05, 0.1) is 6.10 Å². The molecule has 1 aromatic rings. The molecule has 0 saturated carbocycles. The molecule has 1 aromatic carbocycles. The molecular weight excluding hydrogens is 176 g/mol. The molecular formula is C12H18O2. The molecule has 1 atom stereocenters. The summed E-state index contributed by atoms with van der Waals surface area (Å²) >= 11 is 0. The maximum atomic E-state index is 5.70. The number of hydrogen-bond acceptors (Lipinski definition) is 2. The highest BCUT2D eigenvalue weighted by atomic mass is 16.5. The maximum absolute atomic E-state index is 5.70. The van der Waals surface area contributed by atoms with E-state index in [1.807, 2.05) is 13.0 Å². The first-order valence-corrected chi connectivity index (χ1v) is 4.87. The molecule has 0 radical (unpaired) electrons. The average molecular weight is 194 g/mol. The molecule has 0 bridgehead atoms. The lowest BCUT2D eigenvalue weighted by atomic mass is 10.1. The van der Waals surface area contributed by atoms with Crippen LogP contribution < -0.4 is 4.74 Å². The van der Waals surface area contributed by atoms with Crippen molar-refractivity contribution in [3.63, 3.8) is 0 Å². The van der Waals surface area contributed by atoms with Crippen molar-refractivity contribution in [1.82, 2.24) is 0 Å². The summed E-state index contributed by atoms with van der Waals surface area (Å²) in [6, 6.07) is 6.15. The number of methoxy groups -OCH3 is 1. The fourth-order valence-electron chi connectivity index (χ4n) is 1.30. The van der Waals surface area contributed by atoms with E-state index in [9.17, 15) is 0 Å². The van der Waals surface area contributed by atoms with Crippen LogP contribution >= 0.6 is 0 Å². The second-order valence-corrected chi connectivity index (χ2v) is 3.58. The van der Waals surface area contributed by atoms with Gasteiger partial charge in [0.15, 0.2) is 0 Å². The second kappa shape index (κ2) is 5.01. The molecule has 0 aliphatic rings. The Kier molecular flexibility index (Phi) is 3.96. The lowest BCUT2D eigenvalue weighted by Crippen LogP contribution is -2.16. The molecule has 0 aromatic heterocycles. The van der Waals surface area contributed by atoms with E-state index in [4.69, 9.17) is 9.47 Å². The zero-order valence-electron chi connectivity index (χ0n) is 9.33. The zero-order chi connectivity index (χ0) is 10.6. The van der Waals surface area contributed by atoms with Gasteiger partial charge < -0.3 is 9.47 Å². The highest BCUT2D eigenvalue weighted by molar-refractivity contribution is 5.39. The van der Waals surface area contributed by atoms with Gasteiger partial charge in [0, 0.05) is 7.11 Å². The number of aryl methyl sites for hydroxylation is 2. The predicted molar refractivity (Wildman–Crippen MR) is 57.9 cm³/mol. The third-order valence-electron chi connectivity index (χ3n) is 2.27. The topological polar surface area (TPSA) is 18.5 Å². The molecule has 0 spiro atoms. The summed E-state index contributed by atoms with van der Waals surface area (Å²) in [5, 5.41) is 0. The Morgan fingerprint density at radius 1 is 1.21 bits per heavy atom. The van der Waals surface area contributed by atoms with Crippen molar-refractivity contribution < 1.29 is 9.47 Å². The summed E-state index contributed by atoms with van der Waals surface area (Å²) in [4.78, 5) is 0. The van der Waals surface area contributed by atoms with Gasteiger partial charge in [0.2, 0.25) is 0 Å². The van der Waals surface area contributed by atoms with Crippen molar-refractivity contribution in [2.24, 2.45) is 0 Å². The fraction of sp³-hybridized carbons (Fsp3) is 0.500. The number of benzene rings is 1. The highest BCUT2D eigenvalue weighted by Crippen LogP contribution is 2.22. The van der Waals surface area contributed by atoms with Crippen molar-refractivity contribution in [3.8, 4) is 5.75 Å². The standard InChI is InChI=1S/C12H18O2/c1-9-6-5-7-10(2)12(9)14-8-11(3)13-4/h5-7,11H,8H2,1-4H3. The summed E-state index contributed by atoms with van der Waals surface area (Å²) in [6.45, 7) is 6.70. The van der Waals surface area contributed by atoms with E-state index in [1.165, 1.54) is 11.1 Å². The van der Waals surface area contributed by atoms with E-state index in [0.29, 0.717) is 6.61 Å². The van der Waals surface area contributed by atoms with Crippen LogP contribution in [0.5, 0.6) is 5.75 Å². The normalized spacial score (nSPS) is 12.6. The Morgan fingerprint density at radius 2 is 1.79 bits per heavy atom. The number of para-hydroxylation sites is 1. The zero-order valence-corrected chi connectivity index (χ0v) is 9.33. The van der Waals surface area contributed by atoms with Crippen LogP contribution in [-0.2, 0) is 4.74 Å². The van der Waals surface area contributed by atoms with Crippen molar-refractivity contribution >= 4 is 0 Å². The quantitative estimate of drug-likeness (QED) is 0.733. The number of ether oxygens (including phenoxy) is 2. The Labute approximate surface area is 85.8 Å². The van der Waals surface area contributed by atoms with Gasteiger partial charge in [0.25, 0.3) is 0 Å². The first kappa shape index (κ1) is 11.1. The van der Waals surface area contributed by atoms with Crippen molar-refractivity contribution in [3.05, 3.63) is 29.3 Å². The Morgan fingerprint density at radius 3 is 2.29 bits per heavy atom. The van der Waals surface area contributed by atoms with E-state index in [1.54, 1.807) is 7.11 Å². The average Bonchev–Trinajstić information content (AvgIpc) is 2.16. The molecule has 1 unspecified atom stereocenters. The molecule has 2 heteroatoms. The fourth-order valence-corrected chi connectivity index (χ4v) is 1.30. The number of rotatable bonds is 4. The minimum Gasteiger partial charge on any atom is -0.490 e. The van der Waals surface area contributed by atoms with E-state index in [2.05, 4.69) is 26.0 Å². The molecule has 14 heavy (non-hydrogen) atoms. The molecule has 0 heterocycles. The van der Waals surface area contributed by atoms with Gasteiger partial charge in [-0.2, -0.15) is 0 Å². The monoisotopic (exact) mass is 194 g/mol. The predicted octanol–water partition coefficient (Wildman–Crippen LogP) is 2.72. The smallest absolute Gasteiger partial charge is 0.125 e. The van der Waals surface area contributed by atoms with Crippen LogP contribution in [0.2, 0.25) is 0 Å². The van der Waals surface area contributed by atoms with Gasteiger partial charge in [-0.3, -0.25) is 0 Å². The molecule has 0 fully saturated rings. The van der Waals surface area contributed by atoms with E-state index in [0.717, 1.165) is 5.75 Å². The maximum Gasteiger partial charge on any atom is 0.125 e. The first-order valence-electron chi connectivity index (χ1n) is 4.87. The largest absolute Gasteiger partial charge is 0.490 e. The van der Waals surface area contributed by atoms with Crippen LogP contribution in [0.4, 0.5) is 0 Å². The Hall–Kier alpha value is -1.02. The van der Waals surface area contributed by atoms with Crippen molar-refractivity contribution in [1.29, 1.82) is 0 Å². The highest BCUT2D eigenvalue weighted by Gasteiger charge is 2.05. The van der Waals surface area contributed by atoms with Gasteiger partial charge in [-0.15, -0.1) is 0 Å². The van der Waals surface area contributed by atoms with E-state index >= 15 is 0 Å². The van der Waals surface area contributed by atoms with Crippen LogP contribution in [0.15, 0.2) is 18.2 Å². The first-order chi connectivity index (χ1) is 6.65. The Bertz CT molecular complexity index is 274. The van der Waals surface area contributed by atoms with Crippen LogP contribution in [0, 0.1) is 13.8 Å². The number of hydrogen-bond donors (Lipinski definition) is 0. The molecule has 0 N–H and O–H groups in total. The SMILES string of the molecule is COC(C)COc1c(C)cccc1C. The van der Waals surface area contributed by atoms with Crippen LogP contribution in [0.1, 0.15) is 18.1 Å². The van der Waals surface area contributed by atoms with Crippen LogP contribution in [0.3, 0.4) is 0 Å². The van der Waals surface area contributed by atoms with E-state index in [-0.39, 0.29) is 6.10 Å². The molecule has 0 saturated heterocycles. The third-order valence-corrected chi connectivity index (χ3v) is 2.27. The van der Waals surface area contributed by atoms with Crippen LogP contribution in [-0.4, -0.2) is 19.8 Å². The van der Waals surface area contributed by atoms with Crippen molar-refractivity contribution in [2.45, 2.75) is 26.9 Å².